The molecule has 0 radical (unpaired) electrons. The van der Waals surface area contributed by atoms with E-state index in [2.05, 4.69) is 9.62 Å². The molecule has 0 saturated carbocycles. The van der Waals surface area contributed by atoms with Gasteiger partial charge >= 0.3 is 0 Å². The Hall–Kier alpha value is -1.15. The van der Waals surface area contributed by atoms with E-state index >= 15 is 0 Å². The summed E-state index contributed by atoms with van der Waals surface area (Å²) in [6.07, 6.45) is 0. The molecule has 0 aromatic heterocycles. The van der Waals surface area contributed by atoms with Crippen LogP contribution in [0.4, 0.5) is 0 Å². The smallest absolute Gasteiger partial charge is 0.244 e. The highest BCUT2D eigenvalue weighted by Gasteiger charge is 2.19. The lowest BCUT2D eigenvalue weighted by molar-refractivity contribution is 0.309. The molecule has 3 N–H and O–H groups in total. The SMILES string of the molecule is CCN(CC)CCNS(=O)(=O)c1cc(CN)ccc1OC. The first kappa shape index (κ1) is 17.9. The molecule has 0 heterocycles. The molecule has 6 nitrogen and oxygen atoms in total. The molecular weight excluding hydrogens is 290 g/mol. The van der Waals surface area contributed by atoms with Gasteiger partial charge in [-0.3, -0.25) is 0 Å². The van der Waals surface area contributed by atoms with Gasteiger partial charge in [0.25, 0.3) is 0 Å². The molecule has 0 saturated heterocycles. The van der Waals surface area contributed by atoms with Crippen molar-refractivity contribution in [2.75, 3.05) is 33.3 Å². The third-order valence-electron chi connectivity index (χ3n) is 3.37. The molecule has 120 valence electrons. The average molecular weight is 315 g/mol. The van der Waals surface area contributed by atoms with Crippen molar-refractivity contribution in [2.45, 2.75) is 25.3 Å². The van der Waals surface area contributed by atoms with E-state index in [0.717, 1.165) is 18.7 Å². The maximum atomic E-state index is 12.4. The van der Waals surface area contributed by atoms with Gasteiger partial charge in [-0.25, -0.2) is 13.1 Å². The largest absolute Gasteiger partial charge is 0.495 e. The summed E-state index contributed by atoms with van der Waals surface area (Å²) in [7, 11) is -2.15. The van der Waals surface area contributed by atoms with E-state index in [4.69, 9.17) is 10.5 Å². The summed E-state index contributed by atoms with van der Waals surface area (Å²) < 4.78 is 32.5. The molecule has 0 unspecified atom stereocenters. The van der Waals surface area contributed by atoms with E-state index in [-0.39, 0.29) is 11.4 Å². The molecule has 1 aromatic carbocycles. The van der Waals surface area contributed by atoms with Crippen molar-refractivity contribution in [2.24, 2.45) is 5.73 Å². The first-order valence-corrected chi connectivity index (χ1v) is 8.55. The topological polar surface area (TPSA) is 84.7 Å². The van der Waals surface area contributed by atoms with Crippen molar-refractivity contribution in [1.82, 2.24) is 9.62 Å². The van der Waals surface area contributed by atoms with Crippen LogP contribution in [0.1, 0.15) is 19.4 Å². The molecule has 1 aromatic rings. The van der Waals surface area contributed by atoms with Crippen molar-refractivity contribution in [1.29, 1.82) is 0 Å². The number of likely N-dealkylation sites (N-methyl/N-ethyl adjacent to an activating group) is 1. The summed E-state index contributed by atoms with van der Waals surface area (Å²) in [5, 5.41) is 0. The maximum absolute atomic E-state index is 12.4. The van der Waals surface area contributed by atoms with Gasteiger partial charge in [-0.15, -0.1) is 0 Å². The van der Waals surface area contributed by atoms with Gasteiger partial charge in [-0.2, -0.15) is 0 Å². The Morgan fingerprint density at radius 3 is 2.48 bits per heavy atom. The number of benzene rings is 1. The number of sulfonamides is 1. The van der Waals surface area contributed by atoms with Gasteiger partial charge in [-0.05, 0) is 30.8 Å². The fraction of sp³-hybridized carbons (Fsp3) is 0.571. The number of hydrogen-bond acceptors (Lipinski definition) is 5. The number of ether oxygens (including phenoxy) is 1. The third kappa shape index (κ3) is 4.96. The number of nitrogens with zero attached hydrogens (tertiary/aromatic N) is 1. The lowest BCUT2D eigenvalue weighted by Gasteiger charge is -2.18. The highest BCUT2D eigenvalue weighted by Crippen LogP contribution is 2.24. The maximum Gasteiger partial charge on any atom is 0.244 e. The monoisotopic (exact) mass is 315 g/mol. The minimum atomic E-state index is -3.60. The second-order valence-corrected chi connectivity index (χ2v) is 6.35. The Balaban J connectivity index is 2.86. The zero-order valence-electron chi connectivity index (χ0n) is 12.9. The second-order valence-electron chi connectivity index (χ2n) is 4.61. The minimum Gasteiger partial charge on any atom is -0.495 e. The number of nitrogens with two attached hydrogens (primary N) is 1. The fourth-order valence-corrected chi connectivity index (χ4v) is 3.25. The number of methoxy groups -OCH3 is 1. The first-order chi connectivity index (χ1) is 9.98. The zero-order valence-corrected chi connectivity index (χ0v) is 13.7. The van der Waals surface area contributed by atoms with Crippen LogP contribution in [0.3, 0.4) is 0 Å². The zero-order chi connectivity index (χ0) is 15.9. The normalized spacial score (nSPS) is 11.9. The van der Waals surface area contributed by atoms with E-state index in [1.807, 2.05) is 13.8 Å². The molecule has 0 atom stereocenters. The van der Waals surface area contributed by atoms with Gasteiger partial charge in [0.15, 0.2) is 0 Å². The van der Waals surface area contributed by atoms with Crippen LogP contribution in [0, 0.1) is 0 Å². The van der Waals surface area contributed by atoms with E-state index in [0.29, 0.717) is 18.8 Å². The Kier molecular flexibility index (Phi) is 7.10. The molecule has 0 aliphatic carbocycles. The molecule has 0 bridgehead atoms. The third-order valence-corrected chi connectivity index (χ3v) is 4.85. The quantitative estimate of drug-likeness (QED) is 0.703. The van der Waals surface area contributed by atoms with Crippen LogP contribution in [0.2, 0.25) is 0 Å². The number of rotatable bonds is 9. The second kappa shape index (κ2) is 8.33. The van der Waals surface area contributed by atoms with Crippen molar-refractivity contribution >= 4 is 10.0 Å². The van der Waals surface area contributed by atoms with Crippen LogP contribution in [0.25, 0.3) is 0 Å². The predicted octanol–water partition coefficient (Wildman–Crippen LogP) is 0.774. The summed E-state index contributed by atoms with van der Waals surface area (Å²) in [6.45, 7) is 7.20. The standard InChI is InChI=1S/C14H25N3O3S/c1-4-17(5-2)9-8-16-21(18,19)14-10-12(11-15)6-7-13(14)20-3/h6-7,10,16H,4-5,8-9,11,15H2,1-3H3. The van der Waals surface area contributed by atoms with E-state index in [1.165, 1.54) is 7.11 Å². The highest BCUT2D eigenvalue weighted by atomic mass is 32.2. The number of hydrogen-bond donors (Lipinski definition) is 2. The molecule has 0 amide bonds. The first-order valence-electron chi connectivity index (χ1n) is 7.07. The molecule has 0 fully saturated rings. The summed E-state index contributed by atoms with van der Waals surface area (Å²) >= 11 is 0. The van der Waals surface area contributed by atoms with Crippen molar-refractivity contribution in [3.63, 3.8) is 0 Å². The van der Waals surface area contributed by atoms with Gasteiger partial charge in [0, 0.05) is 19.6 Å². The fourth-order valence-electron chi connectivity index (χ4n) is 2.01. The van der Waals surface area contributed by atoms with Crippen LogP contribution in [-0.4, -0.2) is 46.6 Å². The van der Waals surface area contributed by atoms with Crippen LogP contribution in [-0.2, 0) is 16.6 Å². The Labute approximate surface area is 127 Å². The lowest BCUT2D eigenvalue weighted by atomic mass is 10.2. The van der Waals surface area contributed by atoms with Gasteiger partial charge in [0.2, 0.25) is 10.0 Å². The summed E-state index contributed by atoms with van der Waals surface area (Å²) in [4.78, 5) is 2.28. The van der Waals surface area contributed by atoms with E-state index < -0.39 is 10.0 Å². The summed E-state index contributed by atoms with van der Waals surface area (Å²) in [5.41, 5.74) is 6.32. The highest BCUT2D eigenvalue weighted by molar-refractivity contribution is 7.89. The van der Waals surface area contributed by atoms with Crippen molar-refractivity contribution < 1.29 is 13.2 Å². The van der Waals surface area contributed by atoms with Gasteiger partial charge in [0.05, 0.1) is 7.11 Å². The van der Waals surface area contributed by atoms with Gasteiger partial charge < -0.3 is 15.4 Å². The van der Waals surface area contributed by atoms with Crippen LogP contribution >= 0.6 is 0 Å². The van der Waals surface area contributed by atoms with E-state index in [1.54, 1.807) is 18.2 Å². The van der Waals surface area contributed by atoms with E-state index in [9.17, 15) is 8.42 Å². The molecule has 21 heavy (non-hydrogen) atoms. The molecule has 0 aliphatic rings. The predicted molar refractivity (Wildman–Crippen MR) is 83.9 cm³/mol. The molecule has 0 aliphatic heterocycles. The Morgan fingerprint density at radius 2 is 1.95 bits per heavy atom. The number of nitrogens with one attached hydrogen (secondary N) is 1. The lowest BCUT2D eigenvalue weighted by Crippen LogP contribution is -2.35. The molecule has 7 heteroatoms. The van der Waals surface area contributed by atoms with Gasteiger partial charge in [-0.1, -0.05) is 19.9 Å². The Morgan fingerprint density at radius 1 is 1.29 bits per heavy atom. The van der Waals surface area contributed by atoms with Crippen LogP contribution in [0.5, 0.6) is 5.75 Å². The molecular formula is C14H25N3O3S. The molecule has 0 spiro atoms. The van der Waals surface area contributed by atoms with Crippen molar-refractivity contribution in [3.8, 4) is 5.75 Å². The van der Waals surface area contributed by atoms with Crippen molar-refractivity contribution in [3.05, 3.63) is 23.8 Å². The van der Waals surface area contributed by atoms with Crippen LogP contribution in [0.15, 0.2) is 23.1 Å². The summed E-state index contributed by atoms with van der Waals surface area (Å²) in [5.74, 6) is 0.322. The Bertz CT molecular complexity index is 542. The summed E-state index contributed by atoms with van der Waals surface area (Å²) in [6, 6.07) is 4.94. The van der Waals surface area contributed by atoms with Gasteiger partial charge in [0.1, 0.15) is 10.6 Å². The average Bonchev–Trinajstić information content (AvgIpc) is 2.50. The minimum absolute atomic E-state index is 0.132. The molecule has 1 rings (SSSR count). The van der Waals surface area contributed by atoms with Crippen LogP contribution < -0.4 is 15.2 Å².